The fraction of sp³-hybridized carbons (Fsp3) is 0.885. The van der Waals surface area contributed by atoms with E-state index in [-0.39, 0.29) is 23.1 Å². The lowest BCUT2D eigenvalue weighted by molar-refractivity contribution is -0.243. The quantitative estimate of drug-likeness (QED) is 0.113. The minimum atomic E-state index is -2.24. The van der Waals surface area contributed by atoms with Crippen molar-refractivity contribution in [3.05, 3.63) is 11.1 Å². The lowest BCUT2D eigenvalue weighted by atomic mass is 10.1. The summed E-state index contributed by atoms with van der Waals surface area (Å²) in [4.78, 5) is 14.3. The molecule has 0 saturated carbocycles. The first-order valence-electron chi connectivity index (χ1n) is 14.9. The largest absolute Gasteiger partial charge is 0.456 e. The van der Waals surface area contributed by atoms with Crippen LogP contribution in [0.1, 0.15) is 75.7 Å². The van der Waals surface area contributed by atoms with Gasteiger partial charge < -0.3 is 18.0 Å². The predicted octanol–water partition coefficient (Wildman–Crippen LogP) is 5.15. The molecule has 0 bridgehead atoms. The Morgan fingerprint density at radius 3 is 1.55 bits per heavy atom. The Bertz CT molecular complexity index is 831. The SMILES string of the molecule is CC(C)=C(C(=O)OC(C)(C)CC[SiH3])C(O[Si](C)(C)C)(O[Si](C)(C)C)O[Si]1(C(C)C)[SiH2][SiH2][Si]1(C(C)C)C(C)C. The monoisotopic (exact) mass is 650 g/mol. The summed E-state index contributed by atoms with van der Waals surface area (Å²) in [5.41, 5.74) is 2.70. The van der Waals surface area contributed by atoms with Crippen LogP contribution in [0.5, 0.6) is 0 Å². The summed E-state index contributed by atoms with van der Waals surface area (Å²) in [6.07, 6.45) is 0.860. The Labute approximate surface area is 246 Å². The van der Waals surface area contributed by atoms with Gasteiger partial charge in [-0.3, -0.25) is 0 Å². The van der Waals surface area contributed by atoms with E-state index in [9.17, 15) is 4.79 Å². The van der Waals surface area contributed by atoms with Crippen LogP contribution in [0.4, 0.5) is 0 Å². The number of allylic oxidation sites excluding steroid dienone is 1. The van der Waals surface area contributed by atoms with Crippen molar-refractivity contribution in [2.75, 3.05) is 0 Å². The van der Waals surface area contributed by atoms with Gasteiger partial charge in [0.15, 0.2) is 24.0 Å². The smallest absolute Gasteiger partial charge is 0.342 e. The van der Waals surface area contributed by atoms with Gasteiger partial charge in [-0.1, -0.05) is 64.2 Å². The molecule has 1 fully saturated rings. The summed E-state index contributed by atoms with van der Waals surface area (Å²) in [5, 5.41) is 0. The standard InChI is InChI=1S/C26H62O5Si7/c1-19(2)23(24(27)28-25(9,10)17-18-32)26(29-35(11,12)13,30-36(14,15)16)31-38(22(7)8)34-33-37(38,20(3)4)21(5)6/h20-22H,17-18,33-34H2,1-16,32H3. The van der Waals surface area contributed by atoms with Crippen LogP contribution in [0.25, 0.3) is 0 Å². The molecule has 0 aliphatic carbocycles. The van der Waals surface area contributed by atoms with E-state index >= 15 is 0 Å². The second kappa shape index (κ2) is 12.9. The van der Waals surface area contributed by atoms with Crippen molar-refractivity contribution < 1.29 is 22.8 Å². The Morgan fingerprint density at radius 1 is 0.842 bits per heavy atom. The van der Waals surface area contributed by atoms with Crippen molar-refractivity contribution in [2.45, 2.75) is 149 Å². The van der Waals surface area contributed by atoms with Crippen LogP contribution in [-0.4, -0.2) is 76.0 Å². The van der Waals surface area contributed by atoms with Crippen molar-refractivity contribution in [3.63, 3.8) is 0 Å². The molecule has 1 aliphatic rings. The van der Waals surface area contributed by atoms with E-state index in [2.05, 4.69) is 80.8 Å². The summed E-state index contributed by atoms with van der Waals surface area (Å²) >= 11 is 0. The normalized spacial score (nSPS) is 22.0. The van der Waals surface area contributed by atoms with E-state index in [0.29, 0.717) is 22.2 Å². The second-order valence-electron chi connectivity index (χ2n) is 15.3. The van der Waals surface area contributed by atoms with E-state index in [1.165, 1.54) is 0 Å². The molecule has 1 aliphatic heterocycles. The van der Waals surface area contributed by atoms with Gasteiger partial charge in [0.2, 0.25) is 0 Å². The molecule has 1 heterocycles. The van der Waals surface area contributed by atoms with Crippen LogP contribution in [0.3, 0.4) is 0 Å². The highest BCUT2D eigenvalue weighted by molar-refractivity contribution is 7.97. The van der Waals surface area contributed by atoms with Gasteiger partial charge in [-0.05, 0) is 78.9 Å². The molecule has 0 spiro atoms. The maximum atomic E-state index is 14.3. The van der Waals surface area contributed by atoms with E-state index < -0.39 is 42.7 Å². The molecule has 0 aromatic heterocycles. The zero-order chi connectivity index (χ0) is 30.1. The molecule has 0 N–H and O–H groups in total. The van der Waals surface area contributed by atoms with Gasteiger partial charge >= 0.3 is 5.97 Å². The van der Waals surface area contributed by atoms with Gasteiger partial charge in [0.25, 0.3) is 5.97 Å². The fourth-order valence-corrected chi connectivity index (χ4v) is 115. The molecule has 0 amide bonds. The summed E-state index contributed by atoms with van der Waals surface area (Å²) < 4.78 is 28.3. The second-order valence-corrected chi connectivity index (χ2v) is 61.9. The highest BCUT2D eigenvalue weighted by atomic mass is 30.1. The van der Waals surface area contributed by atoms with Gasteiger partial charge in [0.05, 0.1) is 7.11 Å². The molecule has 0 aromatic rings. The minimum absolute atomic E-state index is 0.0826. The fourth-order valence-electron chi connectivity index (χ4n) is 6.82. The molecular weight excluding hydrogens is 589 g/mol. The third-order valence-corrected chi connectivity index (χ3v) is 96.3. The van der Waals surface area contributed by atoms with Gasteiger partial charge in [-0.25, -0.2) is 4.79 Å². The molecule has 1 unspecified atom stereocenters. The Balaban J connectivity index is 4.05. The van der Waals surface area contributed by atoms with Crippen LogP contribution < -0.4 is 0 Å². The Morgan fingerprint density at radius 2 is 1.29 bits per heavy atom. The van der Waals surface area contributed by atoms with Crippen LogP contribution in [0.2, 0.25) is 61.9 Å². The van der Waals surface area contributed by atoms with Crippen molar-refractivity contribution in [3.8, 4) is 0 Å². The average Bonchev–Trinajstić information content (AvgIpc) is 2.60. The first-order chi connectivity index (χ1) is 16.9. The Hall–Kier alpha value is 0.608. The van der Waals surface area contributed by atoms with E-state index in [0.717, 1.165) is 28.3 Å². The summed E-state index contributed by atoms with van der Waals surface area (Å²) in [7, 11) is -7.65. The number of carbonyl (C=O) groups excluding carboxylic acids is 1. The molecule has 0 radical (unpaired) electrons. The van der Waals surface area contributed by atoms with Crippen LogP contribution in [-0.2, 0) is 22.8 Å². The number of ether oxygens (including phenoxy) is 1. The topological polar surface area (TPSA) is 54.0 Å². The van der Waals surface area contributed by atoms with E-state index in [1.807, 2.05) is 27.7 Å². The van der Waals surface area contributed by atoms with Gasteiger partial charge in [0, 0.05) is 27.4 Å². The third-order valence-electron chi connectivity index (χ3n) is 8.12. The van der Waals surface area contributed by atoms with Crippen LogP contribution in [0.15, 0.2) is 11.1 Å². The van der Waals surface area contributed by atoms with Gasteiger partial charge in [-0.15, -0.1) is 0 Å². The maximum absolute atomic E-state index is 14.3. The maximum Gasteiger partial charge on any atom is 0.342 e. The third kappa shape index (κ3) is 8.12. The van der Waals surface area contributed by atoms with Crippen molar-refractivity contribution in [2.24, 2.45) is 0 Å². The number of rotatable bonds is 14. The van der Waals surface area contributed by atoms with E-state index in [1.54, 1.807) is 0 Å². The average molecular weight is 651 g/mol. The van der Waals surface area contributed by atoms with Crippen molar-refractivity contribution in [1.82, 2.24) is 0 Å². The summed E-state index contributed by atoms with van der Waals surface area (Å²) in [6, 6.07) is 1.08. The van der Waals surface area contributed by atoms with Crippen molar-refractivity contribution in [1.29, 1.82) is 0 Å². The minimum Gasteiger partial charge on any atom is -0.456 e. The highest BCUT2D eigenvalue weighted by Crippen LogP contribution is 2.52. The van der Waals surface area contributed by atoms with Gasteiger partial charge in [-0.2, -0.15) is 0 Å². The molecular formula is C26H62O5Si7. The number of hydrogen-bond donors (Lipinski definition) is 0. The number of carbonyl (C=O) groups is 1. The lowest BCUT2D eigenvalue weighted by Crippen LogP contribution is -2.89. The number of esters is 1. The van der Waals surface area contributed by atoms with Crippen LogP contribution >= 0.6 is 0 Å². The predicted molar refractivity (Wildman–Crippen MR) is 184 cm³/mol. The molecule has 1 saturated heterocycles. The number of hydrogen-bond acceptors (Lipinski definition) is 5. The summed E-state index contributed by atoms with van der Waals surface area (Å²) in [6.45, 7) is 35.8. The zero-order valence-corrected chi connectivity index (χ0v) is 36.9. The first-order valence-corrected chi connectivity index (χ1v) is 37.0. The first kappa shape index (κ1) is 36.6. The van der Waals surface area contributed by atoms with Crippen LogP contribution in [0, 0.1) is 0 Å². The van der Waals surface area contributed by atoms with Crippen molar-refractivity contribution >= 4 is 64.4 Å². The van der Waals surface area contributed by atoms with E-state index in [4.69, 9.17) is 18.0 Å². The zero-order valence-electron chi connectivity index (χ0n) is 28.1. The molecule has 1 rings (SSSR count). The molecule has 12 heteroatoms. The molecule has 5 nitrogen and oxygen atoms in total. The molecule has 38 heavy (non-hydrogen) atoms. The Kier molecular flexibility index (Phi) is 12.4. The highest BCUT2D eigenvalue weighted by Gasteiger charge is 2.71. The molecule has 224 valence electrons. The summed E-state index contributed by atoms with van der Waals surface area (Å²) in [5.74, 6) is -1.79. The van der Waals surface area contributed by atoms with Gasteiger partial charge in [0.1, 0.15) is 11.2 Å². The lowest BCUT2D eigenvalue weighted by Gasteiger charge is -2.64. The molecule has 1 atom stereocenters. The molecule has 0 aromatic carbocycles.